The molecule has 0 atom stereocenters. The third-order valence-electron chi connectivity index (χ3n) is 2.46. The number of halogens is 3. The number of aromatic nitrogens is 1. The molecule has 0 aliphatic rings. The molecule has 6 nitrogen and oxygen atoms in total. The Morgan fingerprint density at radius 3 is 2.57 bits per heavy atom. The zero-order valence-corrected chi connectivity index (χ0v) is 11.5. The zero-order chi connectivity index (χ0) is 16.0. The number of carbonyl (C=O) groups is 1. The van der Waals surface area contributed by atoms with E-state index in [0.717, 1.165) is 13.3 Å². The summed E-state index contributed by atoms with van der Waals surface area (Å²) in [6, 6.07) is 0. The molecule has 9 heteroatoms. The average Bonchev–Trinajstić information content (AvgIpc) is 2.37. The van der Waals surface area contributed by atoms with Crippen molar-refractivity contribution in [3.63, 3.8) is 0 Å². The van der Waals surface area contributed by atoms with E-state index in [2.05, 4.69) is 9.72 Å². The Morgan fingerprint density at radius 1 is 1.43 bits per heavy atom. The second-order valence-corrected chi connectivity index (χ2v) is 3.83. The molecule has 0 spiro atoms. The van der Waals surface area contributed by atoms with Crippen LogP contribution in [0.2, 0.25) is 0 Å². The van der Waals surface area contributed by atoms with Crippen LogP contribution in [0, 0.1) is 0 Å². The van der Waals surface area contributed by atoms with Gasteiger partial charge in [-0.1, -0.05) is 0 Å². The van der Waals surface area contributed by atoms with Gasteiger partial charge in [0.05, 0.1) is 20.1 Å². The number of pyridine rings is 1. The van der Waals surface area contributed by atoms with Crippen molar-refractivity contribution in [2.24, 2.45) is 5.73 Å². The standard InChI is InChI=1S/C12H15F3N2O4/c1-3-20-9(18)4-8-7(5-16)6-17-11(10(8)19-2)21-12(13,14)15/h6H,3-5,16H2,1-2H3. The van der Waals surface area contributed by atoms with Crippen molar-refractivity contribution in [2.75, 3.05) is 13.7 Å². The van der Waals surface area contributed by atoms with Crippen LogP contribution in [-0.4, -0.2) is 31.0 Å². The number of nitrogens with zero attached hydrogens (tertiary/aromatic N) is 1. The van der Waals surface area contributed by atoms with Gasteiger partial charge in [0.2, 0.25) is 0 Å². The van der Waals surface area contributed by atoms with Gasteiger partial charge >= 0.3 is 12.3 Å². The van der Waals surface area contributed by atoms with E-state index in [1.54, 1.807) is 6.92 Å². The Labute approximate surface area is 119 Å². The van der Waals surface area contributed by atoms with Gasteiger partial charge in [-0.05, 0) is 12.5 Å². The lowest BCUT2D eigenvalue weighted by Crippen LogP contribution is -2.20. The van der Waals surface area contributed by atoms with E-state index in [4.69, 9.17) is 15.2 Å². The van der Waals surface area contributed by atoms with Gasteiger partial charge in [0, 0.05) is 18.3 Å². The minimum absolute atomic E-state index is 0.0234. The maximum Gasteiger partial charge on any atom is 0.574 e. The number of esters is 1. The van der Waals surface area contributed by atoms with Crippen LogP contribution < -0.4 is 15.2 Å². The molecule has 21 heavy (non-hydrogen) atoms. The number of carbonyl (C=O) groups excluding carboxylic acids is 1. The number of hydrogen-bond donors (Lipinski definition) is 1. The summed E-state index contributed by atoms with van der Waals surface area (Å²) in [6.45, 7) is 1.74. The number of ether oxygens (including phenoxy) is 3. The third-order valence-corrected chi connectivity index (χ3v) is 2.46. The highest BCUT2D eigenvalue weighted by Gasteiger charge is 2.34. The average molecular weight is 308 g/mol. The van der Waals surface area contributed by atoms with Crippen molar-refractivity contribution in [1.82, 2.24) is 4.98 Å². The summed E-state index contributed by atoms with van der Waals surface area (Å²) in [4.78, 5) is 15.1. The molecule has 0 aliphatic heterocycles. The predicted octanol–water partition coefficient (Wildman–Crippen LogP) is 1.55. The molecule has 2 N–H and O–H groups in total. The summed E-state index contributed by atoms with van der Waals surface area (Å²) < 4.78 is 50.4. The number of alkyl halides is 3. The van der Waals surface area contributed by atoms with E-state index < -0.39 is 18.2 Å². The van der Waals surface area contributed by atoms with E-state index >= 15 is 0 Å². The molecular formula is C12H15F3N2O4. The lowest BCUT2D eigenvalue weighted by atomic mass is 10.1. The first kappa shape index (κ1) is 17.0. The van der Waals surface area contributed by atoms with Crippen LogP contribution >= 0.6 is 0 Å². The number of rotatable bonds is 6. The first-order chi connectivity index (χ1) is 9.82. The molecule has 0 unspecified atom stereocenters. The minimum atomic E-state index is -4.92. The van der Waals surface area contributed by atoms with Gasteiger partial charge in [-0.25, -0.2) is 4.98 Å². The summed E-state index contributed by atoms with van der Waals surface area (Å²) in [6.07, 6.45) is -4.11. The Balaban J connectivity index is 3.23. The summed E-state index contributed by atoms with van der Waals surface area (Å²) in [5, 5.41) is 0. The molecule has 1 aromatic rings. The molecule has 0 fully saturated rings. The number of methoxy groups -OCH3 is 1. The van der Waals surface area contributed by atoms with Gasteiger partial charge in [0.25, 0.3) is 5.88 Å². The summed E-state index contributed by atoms with van der Waals surface area (Å²) in [7, 11) is 1.15. The molecule has 0 saturated carbocycles. The van der Waals surface area contributed by atoms with Crippen LogP contribution in [-0.2, 0) is 22.5 Å². The minimum Gasteiger partial charge on any atom is -0.491 e. The van der Waals surface area contributed by atoms with E-state index in [1.165, 1.54) is 0 Å². The second-order valence-electron chi connectivity index (χ2n) is 3.83. The van der Waals surface area contributed by atoms with Crippen LogP contribution in [0.1, 0.15) is 18.1 Å². The molecule has 0 radical (unpaired) electrons. The highest BCUT2D eigenvalue weighted by molar-refractivity contribution is 5.74. The lowest BCUT2D eigenvalue weighted by Gasteiger charge is -2.16. The van der Waals surface area contributed by atoms with E-state index in [1.807, 2.05) is 0 Å². The molecular weight excluding hydrogens is 293 g/mol. The molecule has 0 amide bonds. The van der Waals surface area contributed by atoms with Crippen molar-refractivity contribution >= 4 is 5.97 Å². The van der Waals surface area contributed by atoms with E-state index in [9.17, 15) is 18.0 Å². The van der Waals surface area contributed by atoms with Crippen molar-refractivity contribution in [2.45, 2.75) is 26.3 Å². The number of hydrogen-bond acceptors (Lipinski definition) is 6. The topological polar surface area (TPSA) is 83.7 Å². The predicted molar refractivity (Wildman–Crippen MR) is 65.7 cm³/mol. The van der Waals surface area contributed by atoms with Gasteiger partial charge in [-0.2, -0.15) is 0 Å². The molecule has 0 aliphatic carbocycles. The van der Waals surface area contributed by atoms with Crippen molar-refractivity contribution in [1.29, 1.82) is 0 Å². The van der Waals surface area contributed by atoms with Crippen LogP contribution in [0.15, 0.2) is 6.20 Å². The monoisotopic (exact) mass is 308 g/mol. The van der Waals surface area contributed by atoms with Crippen molar-refractivity contribution in [3.8, 4) is 11.6 Å². The SMILES string of the molecule is CCOC(=O)Cc1c(CN)cnc(OC(F)(F)F)c1OC. The van der Waals surface area contributed by atoms with Gasteiger partial charge in [-0.3, -0.25) is 4.79 Å². The highest BCUT2D eigenvalue weighted by atomic mass is 19.4. The Morgan fingerprint density at radius 2 is 2.10 bits per heavy atom. The molecule has 0 saturated heterocycles. The molecule has 0 aromatic carbocycles. The molecule has 0 bridgehead atoms. The Hall–Kier alpha value is -2.03. The first-order valence-corrected chi connectivity index (χ1v) is 5.98. The normalized spacial score (nSPS) is 11.1. The smallest absolute Gasteiger partial charge is 0.491 e. The van der Waals surface area contributed by atoms with Gasteiger partial charge < -0.3 is 19.9 Å². The zero-order valence-electron chi connectivity index (χ0n) is 11.5. The summed E-state index contributed by atoms with van der Waals surface area (Å²) in [5.74, 6) is -1.68. The third kappa shape index (κ3) is 4.78. The lowest BCUT2D eigenvalue weighted by molar-refractivity contribution is -0.276. The van der Waals surface area contributed by atoms with E-state index in [0.29, 0.717) is 5.56 Å². The molecule has 1 aromatic heterocycles. The quantitative estimate of drug-likeness (QED) is 0.803. The van der Waals surface area contributed by atoms with E-state index in [-0.39, 0.29) is 30.9 Å². The Kier molecular flexibility index (Phi) is 5.77. The fourth-order valence-electron chi connectivity index (χ4n) is 1.67. The molecule has 1 heterocycles. The fraction of sp³-hybridized carbons (Fsp3) is 0.500. The summed E-state index contributed by atoms with van der Waals surface area (Å²) in [5.41, 5.74) is 6.02. The van der Waals surface area contributed by atoms with Gasteiger partial charge in [0.15, 0.2) is 5.75 Å². The first-order valence-electron chi connectivity index (χ1n) is 5.98. The van der Waals surface area contributed by atoms with Crippen LogP contribution in [0.25, 0.3) is 0 Å². The molecule has 118 valence electrons. The number of nitrogens with two attached hydrogens (primary N) is 1. The highest BCUT2D eigenvalue weighted by Crippen LogP contribution is 2.35. The molecule has 1 rings (SSSR count). The summed E-state index contributed by atoms with van der Waals surface area (Å²) >= 11 is 0. The largest absolute Gasteiger partial charge is 0.574 e. The fourth-order valence-corrected chi connectivity index (χ4v) is 1.67. The van der Waals surface area contributed by atoms with Gasteiger partial charge in [0.1, 0.15) is 0 Å². The van der Waals surface area contributed by atoms with Crippen molar-refractivity contribution < 1.29 is 32.2 Å². The Bertz CT molecular complexity index is 506. The maximum atomic E-state index is 12.3. The second kappa shape index (κ2) is 7.11. The van der Waals surface area contributed by atoms with Crippen LogP contribution in [0.4, 0.5) is 13.2 Å². The van der Waals surface area contributed by atoms with Crippen molar-refractivity contribution in [3.05, 3.63) is 17.3 Å². The van der Waals surface area contributed by atoms with Gasteiger partial charge in [-0.15, -0.1) is 13.2 Å². The van der Waals surface area contributed by atoms with Crippen LogP contribution in [0.5, 0.6) is 11.6 Å². The maximum absolute atomic E-state index is 12.3. The van der Waals surface area contributed by atoms with Crippen LogP contribution in [0.3, 0.4) is 0 Å².